The molecule has 2 heterocycles. The topological polar surface area (TPSA) is 129 Å². The first-order valence-corrected chi connectivity index (χ1v) is 14.1. The molecule has 1 saturated carbocycles. The van der Waals surface area contributed by atoms with Gasteiger partial charge in [-0.2, -0.15) is 18.2 Å². The normalized spacial score (nSPS) is 18.1. The van der Waals surface area contributed by atoms with Gasteiger partial charge < -0.3 is 25.5 Å². The van der Waals surface area contributed by atoms with E-state index in [0.717, 1.165) is 0 Å². The van der Waals surface area contributed by atoms with E-state index in [9.17, 15) is 36.6 Å². The molecule has 1 fully saturated rings. The second-order valence-electron chi connectivity index (χ2n) is 10.2. The number of carbonyl (C=O) groups excluding carboxylic acids is 2. The van der Waals surface area contributed by atoms with E-state index in [1.165, 1.54) is 13.0 Å². The average molecular weight is 652 g/mol. The fraction of sp³-hybridized carbons (Fsp3) is 0.481. The smallest absolute Gasteiger partial charge is 0.391 e. The lowest BCUT2D eigenvalue weighted by Crippen LogP contribution is -2.40. The van der Waals surface area contributed by atoms with Crippen LogP contribution in [0.1, 0.15) is 59.9 Å². The zero-order valence-electron chi connectivity index (χ0n) is 22.7. The summed E-state index contributed by atoms with van der Waals surface area (Å²) in [4.78, 5) is 36.4. The second-order valence-corrected chi connectivity index (χ2v) is 11.0. The van der Waals surface area contributed by atoms with Crippen LogP contribution in [0.2, 0.25) is 10.0 Å². The number of halogens is 7. The Morgan fingerprint density at radius 3 is 2.49 bits per heavy atom. The molecule has 0 spiro atoms. The largest absolute Gasteiger partial charge is 0.471 e. The Bertz CT molecular complexity index is 1480. The zero-order chi connectivity index (χ0) is 31.5. The Morgan fingerprint density at radius 2 is 1.86 bits per heavy atom. The molecule has 1 aromatic carbocycles. The number of benzene rings is 1. The van der Waals surface area contributed by atoms with Crippen LogP contribution in [-0.2, 0) is 17.8 Å². The molecule has 0 saturated heterocycles. The number of nitrogens with one attached hydrogen (secondary N) is 3. The molecular formula is C27H28Cl2F5N5O4. The highest BCUT2D eigenvalue weighted by atomic mass is 35.5. The van der Waals surface area contributed by atoms with Crippen LogP contribution in [-0.4, -0.2) is 63.2 Å². The summed E-state index contributed by atoms with van der Waals surface area (Å²) < 4.78 is 70.0. The number of H-pyrrole nitrogens is 1. The van der Waals surface area contributed by atoms with Gasteiger partial charge in [-0.05, 0) is 55.9 Å². The Labute approximate surface area is 252 Å². The van der Waals surface area contributed by atoms with E-state index in [2.05, 4.69) is 25.6 Å². The summed E-state index contributed by atoms with van der Waals surface area (Å²) in [6, 6.07) is 3.98. The number of aromatic nitrogens is 3. The number of nitrogens with zero attached hydrogens (tertiary/aromatic N) is 2. The van der Waals surface area contributed by atoms with Crippen molar-refractivity contribution in [2.45, 2.75) is 70.3 Å². The van der Waals surface area contributed by atoms with Gasteiger partial charge >= 0.3 is 6.18 Å². The van der Waals surface area contributed by atoms with Crippen LogP contribution in [0.25, 0.3) is 11.2 Å². The number of rotatable bonds is 10. The maximum Gasteiger partial charge on any atom is 0.391 e. The first kappa shape index (κ1) is 32.7. The van der Waals surface area contributed by atoms with Crippen molar-refractivity contribution in [3.8, 4) is 5.88 Å². The summed E-state index contributed by atoms with van der Waals surface area (Å²) in [6.45, 7) is 0.299. The van der Waals surface area contributed by atoms with Crippen molar-refractivity contribution in [3.05, 3.63) is 50.8 Å². The number of ether oxygens (including phenoxy) is 1. The summed E-state index contributed by atoms with van der Waals surface area (Å²) >= 11 is 12.9. The molecular weight excluding hydrogens is 624 g/mol. The third kappa shape index (κ3) is 8.24. The van der Waals surface area contributed by atoms with Crippen molar-refractivity contribution in [3.63, 3.8) is 0 Å². The molecule has 0 radical (unpaired) electrons. The maximum atomic E-state index is 13.1. The lowest BCUT2D eigenvalue weighted by atomic mass is 9.85. The quantitative estimate of drug-likeness (QED) is 0.219. The van der Waals surface area contributed by atoms with Gasteiger partial charge in [-0.25, -0.2) is 13.8 Å². The van der Waals surface area contributed by atoms with Crippen molar-refractivity contribution in [2.24, 2.45) is 5.92 Å². The molecule has 1 aliphatic carbocycles. The number of pyridine rings is 1. The zero-order valence-corrected chi connectivity index (χ0v) is 24.2. The number of hydrogen-bond acceptors (Lipinski definition) is 6. The molecule has 234 valence electrons. The van der Waals surface area contributed by atoms with E-state index in [1.54, 1.807) is 12.1 Å². The molecule has 4 rings (SSSR count). The van der Waals surface area contributed by atoms with Crippen molar-refractivity contribution < 1.29 is 41.4 Å². The van der Waals surface area contributed by atoms with Crippen LogP contribution < -0.4 is 15.4 Å². The minimum Gasteiger partial charge on any atom is -0.471 e. The fourth-order valence-electron chi connectivity index (χ4n) is 4.74. The lowest BCUT2D eigenvalue weighted by Gasteiger charge is -2.30. The molecule has 9 nitrogen and oxygen atoms in total. The van der Waals surface area contributed by atoms with Crippen LogP contribution in [0.4, 0.5) is 22.0 Å². The van der Waals surface area contributed by atoms with E-state index in [-0.39, 0.29) is 60.4 Å². The summed E-state index contributed by atoms with van der Waals surface area (Å²) in [5, 5.41) is 15.1. The number of alkyl halides is 5. The van der Waals surface area contributed by atoms with Crippen molar-refractivity contribution in [1.29, 1.82) is 0 Å². The van der Waals surface area contributed by atoms with Crippen molar-refractivity contribution >= 4 is 46.2 Å². The molecule has 2 amide bonds. The second kappa shape index (κ2) is 13.6. The molecule has 0 bridgehead atoms. The molecule has 16 heteroatoms. The van der Waals surface area contributed by atoms with Gasteiger partial charge in [0.05, 0.1) is 16.5 Å². The number of hydrogen-bond donors (Lipinski definition) is 4. The molecule has 43 heavy (non-hydrogen) atoms. The van der Waals surface area contributed by atoms with Gasteiger partial charge in [0.1, 0.15) is 17.5 Å². The number of aromatic amines is 1. The molecule has 0 unspecified atom stereocenters. The number of amides is 2. The number of aliphatic hydroxyl groups excluding tert-OH is 1. The summed E-state index contributed by atoms with van der Waals surface area (Å²) in [7, 11) is 0. The number of aliphatic hydroxyl groups is 1. The molecule has 4 N–H and O–H groups in total. The Balaban J connectivity index is 1.57. The van der Waals surface area contributed by atoms with Crippen LogP contribution in [0.5, 0.6) is 5.88 Å². The van der Waals surface area contributed by atoms with E-state index >= 15 is 0 Å². The predicted molar refractivity (Wildman–Crippen MR) is 147 cm³/mol. The summed E-state index contributed by atoms with van der Waals surface area (Å²) in [6.07, 6.45) is -8.37. The van der Waals surface area contributed by atoms with E-state index in [1.807, 2.05) is 0 Å². The highest BCUT2D eigenvalue weighted by Gasteiger charge is 2.41. The van der Waals surface area contributed by atoms with Crippen molar-refractivity contribution in [2.75, 3.05) is 6.61 Å². The molecule has 0 aliphatic heterocycles. The predicted octanol–water partition coefficient (Wildman–Crippen LogP) is 5.35. The van der Waals surface area contributed by atoms with Crippen molar-refractivity contribution in [1.82, 2.24) is 25.6 Å². The Morgan fingerprint density at radius 1 is 1.16 bits per heavy atom. The first-order chi connectivity index (χ1) is 20.2. The Hall–Kier alpha value is -3.23. The average Bonchev–Trinajstić information content (AvgIpc) is 3.34. The fourth-order valence-corrected chi connectivity index (χ4v) is 5.32. The van der Waals surface area contributed by atoms with Gasteiger partial charge in [0, 0.05) is 24.0 Å². The highest BCUT2D eigenvalue weighted by Crippen LogP contribution is 2.38. The van der Waals surface area contributed by atoms with E-state index < -0.39 is 55.0 Å². The van der Waals surface area contributed by atoms with Gasteiger partial charge in [0.25, 0.3) is 12.3 Å². The third-order valence-electron chi connectivity index (χ3n) is 7.05. The molecule has 2 aromatic heterocycles. The van der Waals surface area contributed by atoms with Crippen LogP contribution >= 0.6 is 23.2 Å². The third-order valence-corrected chi connectivity index (χ3v) is 7.87. The SMILES string of the molecule is C[C@H](O)C(=O)NCc1ccc(Cl)c(Cc2nc3nc(OCC(F)F)c(C(=O)NC4CCC(C(F)(F)F)CC4)cc3[nH]2)c1Cl. The minimum atomic E-state index is -4.30. The van der Waals surface area contributed by atoms with Gasteiger partial charge in [-0.1, -0.05) is 29.3 Å². The number of imidazole rings is 1. The first-order valence-electron chi connectivity index (χ1n) is 13.3. The number of fused-ring (bicyclic) bond motifs is 1. The van der Waals surface area contributed by atoms with Gasteiger partial charge in [0.15, 0.2) is 12.3 Å². The van der Waals surface area contributed by atoms with Gasteiger partial charge in [-0.3, -0.25) is 9.59 Å². The highest BCUT2D eigenvalue weighted by molar-refractivity contribution is 6.36. The van der Waals surface area contributed by atoms with Crippen LogP contribution in [0.15, 0.2) is 18.2 Å². The summed E-state index contributed by atoms with van der Waals surface area (Å²) in [5.41, 5.74) is 1.10. The Kier molecular flexibility index (Phi) is 10.3. The minimum absolute atomic E-state index is 0.0234. The monoisotopic (exact) mass is 651 g/mol. The maximum absolute atomic E-state index is 13.1. The van der Waals surface area contributed by atoms with E-state index in [0.29, 0.717) is 22.0 Å². The standard InChI is InChI=1S/C27H28Cl2F5N5O4/c1-12(40)24(41)35-10-13-2-7-18(28)16(22(13)29)9-21-37-19-8-17(26(39-23(19)38-21)43-11-20(30)31)25(42)36-15-5-3-14(4-6-15)27(32,33)34/h2,7-8,12,14-15,20,40H,3-6,9-11H2,1H3,(H,35,41)(H,36,42)(H,37,38,39)/t12-,14?,15?/m0/s1. The van der Waals surface area contributed by atoms with Gasteiger partial charge in [0.2, 0.25) is 11.8 Å². The van der Waals surface area contributed by atoms with Gasteiger partial charge in [-0.15, -0.1) is 0 Å². The van der Waals surface area contributed by atoms with Crippen LogP contribution in [0, 0.1) is 5.92 Å². The summed E-state index contributed by atoms with van der Waals surface area (Å²) in [5.74, 6) is -2.85. The lowest BCUT2D eigenvalue weighted by molar-refractivity contribution is -0.182. The van der Waals surface area contributed by atoms with E-state index in [4.69, 9.17) is 27.9 Å². The molecule has 1 atom stereocenters. The number of carbonyl (C=O) groups is 2. The molecule has 1 aliphatic rings. The molecule has 3 aromatic rings. The van der Waals surface area contributed by atoms with Crippen LogP contribution in [0.3, 0.4) is 0 Å².